The van der Waals surface area contributed by atoms with E-state index >= 15 is 0 Å². The third kappa shape index (κ3) is 3.56. The summed E-state index contributed by atoms with van der Waals surface area (Å²) in [6.45, 7) is 6.42. The predicted octanol–water partition coefficient (Wildman–Crippen LogP) is 5.19. The standard InChI is InChI=1S/C21H30BrNO/c1-14-10-15-6-4-8-17(11-15)19(14)23-20(24)21(2,3)18-9-5-7-16(12-18)13-22/h5,7,9,12,14-15,17,19H,4,6,8,10-11,13H2,1-3H3,(H,23,24). The molecule has 3 heteroatoms. The van der Waals surface area contributed by atoms with Gasteiger partial charge in [0, 0.05) is 11.4 Å². The van der Waals surface area contributed by atoms with Gasteiger partial charge in [0.2, 0.25) is 5.91 Å². The van der Waals surface area contributed by atoms with E-state index in [1.54, 1.807) is 0 Å². The highest BCUT2D eigenvalue weighted by Crippen LogP contribution is 2.43. The zero-order valence-corrected chi connectivity index (χ0v) is 16.7. The minimum absolute atomic E-state index is 0.176. The quantitative estimate of drug-likeness (QED) is 0.702. The largest absolute Gasteiger partial charge is 0.352 e. The predicted molar refractivity (Wildman–Crippen MR) is 103 cm³/mol. The normalized spacial score (nSPS) is 30.0. The maximum Gasteiger partial charge on any atom is 0.230 e. The highest BCUT2D eigenvalue weighted by Gasteiger charge is 2.40. The Morgan fingerprint density at radius 3 is 2.83 bits per heavy atom. The van der Waals surface area contributed by atoms with E-state index in [1.807, 2.05) is 13.8 Å². The van der Waals surface area contributed by atoms with Crippen LogP contribution in [0.5, 0.6) is 0 Å². The molecule has 1 aromatic carbocycles. The van der Waals surface area contributed by atoms with Crippen LogP contribution in [0.15, 0.2) is 24.3 Å². The number of alkyl halides is 1. The minimum Gasteiger partial charge on any atom is -0.352 e. The first-order chi connectivity index (χ1) is 11.4. The van der Waals surface area contributed by atoms with E-state index in [1.165, 1.54) is 37.7 Å². The second kappa shape index (κ2) is 7.19. The van der Waals surface area contributed by atoms with Gasteiger partial charge in [-0.05, 0) is 62.0 Å². The van der Waals surface area contributed by atoms with Gasteiger partial charge >= 0.3 is 0 Å². The van der Waals surface area contributed by atoms with Crippen molar-refractivity contribution in [1.82, 2.24) is 5.32 Å². The first-order valence-corrected chi connectivity index (χ1v) is 10.5. The number of nitrogens with one attached hydrogen (secondary N) is 1. The van der Waals surface area contributed by atoms with Gasteiger partial charge < -0.3 is 5.32 Å². The fourth-order valence-electron chi connectivity index (χ4n) is 4.78. The number of fused-ring (bicyclic) bond motifs is 2. The van der Waals surface area contributed by atoms with Crippen LogP contribution < -0.4 is 5.32 Å². The van der Waals surface area contributed by atoms with E-state index in [0.717, 1.165) is 16.8 Å². The fourth-order valence-corrected chi connectivity index (χ4v) is 5.12. The van der Waals surface area contributed by atoms with E-state index in [4.69, 9.17) is 0 Å². The first kappa shape index (κ1) is 18.0. The van der Waals surface area contributed by atoms with Gasteiger partial charge in [-0.15, -0.1) is 0 Å². The van der Waals surface area contributed by atoms with E-state index in [0.29, 0.717) is 17.9 Å². The molecule has 1 amide bonds. The van der Waals surface area contributed by atoms with Crippen LogP contribution in [0, 0.1) is 17.8 Å². The van der Waals surface area contributed by atoms with Gasteiger partial charge in [0.15, 0.2) is 0 Å². The molecule has 3 rings (SSSR count). The van der Waals surface area contributed by atoms with E-state index in [-0.39, 0.29) is 5.91 Å². The number of carbonyl (C=O) groups is 1. The molecule has 0 aliphatic heterocycles. The van der Waals surface area contributed by atoms with Crippen molar-refractivity contribution in [3.63, 3.8) is 0 Å². The van der Waals surface area contributed by atoms with Crippen LogP contribution in [0.1, 0.15) is 64.0 Å². The Labute approximate surface area is 154 Å². The molecule has 2 saturated carbocycles. The molecular weight excluding hydrogens is 362 g/mol. The molecule has 0 saturated heterocycles. The molecule has 2 aliphatic carbocycles. The summed E-state index contributed by atoms with van der Waals surface area (Å²) in [5.74, 6) is 2.36. The molecule has 4 unspecified atom stereocenters. The molecule has 2 bridgehead atoms. The number of amides is 1. The van der Waals surface area contributed by atoms with Crippen LogP contribution in [-0.4, -0.2) is 11.9 Å². The van der Waals surface area contributed by atoms with Crippen LogP contribution in [0.3, 0.4) is 0 Å². The maximum atomic E-state index is 13.1. The van der Waals surface area contributed by atoms with Crippen molar-refractivity contribution >= 4 is 21.8 Å². The molecule has 2 nitrogen and oxygen atoms in total. The van der Waals surface area contributed by atoms with Gasteiger partial charge in [-0.25, -0.2) is 0 Å². The number of benzene rings is 1. The van der Waals surface area contributed by atoms with Gasteiger partial charge in [-0.3, -0.25) is 4.79 Å². The second-order valence-electron chi connectivity index (χ2n) is 8.46. The molecule has 2 fully saturated rings. The van der Waals surface area contributed by atoms with Crippen LogP contribution in [0.4, 0.5) is 0 Å². The second-order valence-corrected chi connectivity index (χ2v) is 9.02. The third-order valence-electron chi connectivity index (χ3n) is 6.32. The van der Waals surface area contributed by atoms with Crippen LogP contribution in [0.25, 0.3) is 0 Å². The van der Waals surface area contributed by atoms with Gasteiger partial charge in [0.05, 0.1) is 5.41 Å². The lowest BCUT2D eigenvalue weighted by molar-refractivity contribution is -0.128. The molecular formula is C21H30BrNO. The SMILES string of the molecule is CC1CC2CCCC(C2)C1NC(=O)C(C)(C)c1cccc(CBr)c1. The van der Waals surface area contributed by atoms with Crippen molar-refractivity contribution < 1.29 is 4.79 Å². The minimum atomic E-state index is -0.497. The molecule has 0 spiro atoms. The van der Waals surface area contributed by atoms with Gasteiger partial charge in [-0.2, -0.15) is 0 Å². The zero-order valence-electron chi connectivity index (χ0n) is 15.1. The molecule has 1 aromatic rings. The molecule has 132 valence electrons. The summed E-state index contributed by atoms with van der Waals surface area (Å²) in [4.78, 5) is 13.1. The first-order valence-electron chi connectivity index (χ1n) is 9.38. The van der Waals surface area contributed by atoms with E-state index < -0.39 is 5.41 Å². The number of halogens is 1. The Bertz CT molecular complexity index is 595. The molecule has 4 atom stereocenters. The molecule has 1 N–H and O–H groups in total. The lowest BCUT2D eigenvalue weighted by atomic mass is 9.65. The molecule has 0 heterocycles. The number of hydrogen-bond acceptors (Lipinski definition) is 1. The van der Waals surface area contributed by atoms with Crippen molar-refractivity contribution in [2.24, 2.45) is 17.8 Å². The van der Waals surface area contributed by atoms with E-state index in [9.17, 15) is 4.79 Å². The van der Waals surface area contributed by atoms with Crippen molar-refractivity contribution in [3.05, 3.63) is 35.4 Å². The summed E-state index contributed by atoms with van der Waals surface area (Å²) in [6, 6.07) is 8.72. The Balaban J connectivity index is 1.75. The summed E-state index contributed by atoms with van der Waals surface area (Å²) in [5, 5.41) is 4.27. The summed E-state index contributed by atoms with van der Waals surface area (Å²) >= 11 is 3.51. The van der Waals surface area contributed by atoms with Crippen molar-refractivity contribution in [1.29, 1.82) is 0 Å². The summed E-state index contributed by atoms with van der Waals surface area (Å²) in [6.07, 6.45) is 6.61. The molecule has 0 radical (unpaired) electrons. The Hall–Kier alpha value is -0.830. The number of hydrogen-bond donors (Lipinski definition) is 1. The molecule has 2 aliphatic rings. The lowest BCUT2D eigenvalue weighted by Gasteiger charge is -2.45. The topological polar surface area (TPSA) is 29.1 Å². The third-order valence-corrected chi connectivity index (χ3v) is 6.97. The molecule has 0 aromatic heterocycles. The average molecular weight is 392 g/mol. The van der Waals surface area contributed by atoms with Crippen molar-refractivity contribution in [2.45, 2.75) is 69.7 Å². The average Bonchev–Trinajstić information content (AvgIpc) is 2.58. The summed E-state index contributed by atoms with van der Waals surface area (Å²) in [5.41, 5.74) is 1.82. The van der Waals surface area contributed by atoms with Crippen molar-refractivity contribution in [2.75, 3.05) is 0 Å². The Morgan fingerprint density at radius 2 is 2.08 bits per heavy atom. The van der Waals surface area contributed by atoms with E-state index in [2.05, 4.69) is 52.4 Å². The van der Waals surface area contributed by atoms with Crippen molar-refractivity contribution in [3.8, 4) is 0 Å². The summed E-state index contributed by atoms with van der Waals surface area (Å²) in [7, 11) is 0. The lowest BCUT2D eigenvalue weighted by Crippen LogP contribution is -2.53. The smallest absolute Gasteiger partial charge is 0.230 e. The Kier molecular flexibility index (Phi) is 5.39. The van der Waals surface area contributed by atoms with Crippen LogP contribution >= 0.6 is 15.9 Å². The maximum absolute atomic E-state index is 13.1. The summed E-state index contributed by atoms with van der Waals surface area (Å²) < 4.78 is 0. The number of carbonyl (C=O) groups excluding carboxylic acids is 1. The van der Waals surface area contributed by atoms with Crippen LogP contribution in [0.2, 0.25) is 0 Å². The monoisotopic (exact) mass is 391 g/mol. The van der Waals surface area contributed by atoms with Gasteiger partial charge in [0.1, 0.15) is 0 Å². The Morgan fingerprint density at radius 1 is 1.29 bits per heavy atom. The molecule has 24 heavy (non-hydrogen) atoms. The fraction of sp³-hybridized carbons (Fsp3) is 0.667. The van der Waals surface area contributed by atoms with Gasteiger partial charge in [0.25, 0.3) is 0 Å². The highest BCUT2D eigenvalue weighted by atomic mass is 79.9. The zero-order chi connectivity index (χ0) is 17.3. The number of rotatable bonds is 4. The van der Waals surface area contributed by atoms with Gasteiger partial charge in [-0.1, -0.05) is 60.0 Å². The highest BCUT2D eigenvalue weighted by molar-refractivity contribution is 9.08. The van der Waals surface area contributed by atoms with Crippen LogP contribution in [-0.2, 0) is 15.5 Å².